The van der Waals surface area contributed by atoms with Crippen LogP contribution in [0.2, 0.25) is 0 Å². The second-order valence-corrected chi connectivity index (χ2v) is 7.20. The van der Waals surface area contributed by atoms with Crippen molar-refractivity contribution in [3.05, 3.63) is 70.9 Å². The fourth-order valence-electron chi connectivity index (χ4n) is 2.54. The molecule has 0 saturated carbocycles. The van der Waals surface area contributed by atoms with Crippen LogP contribution in [0.3, 0.4) is 0 Å². The minimum absolute atomic E-state index is 0.0121. The second-order valence-electron chi connectivity index (χ2n) is 5.39. The molecule has 0 aliphatic carbocycles. The third-order valence-electron chi connectivity index (χ3n) is 3.67. The van der Waals surface area contributed by atoms with Crippen molar-refractivity contribution in [3.63, 3.8) is 0 Å². The normalized spacial score (nSPS) is 10.8. The van der Waals surface area contributed by atoms with Gasteiger partial charge in [-0.1, -0.05) is 24.3 Å². The van der Waals surface area contributed by atoms with Crippen molar-refractivity contribution in [2.24, 2.45) is 0 Å². The van der Waals surface area contributed by atoms with Crippen LogP contribution in [0.25, 0.3) is 20.8 Å². The van der Waals surface area contributed by atoms with Crippen molar-refractivity contribution in [2.75, 3.05) is 5.32 Å². The lowest BCUT2D eigenvalue weighted by Crippen LogP contribution is -2.14. The number of benzene rings is 2. The fourth-order valence-corrected chi connectivity index (χ4v) is 4.21. The molecule has 0 unspecified atom stereocenters. The number of nitrogens with zero attached hydrogens (tertiary/aromatic N) is 1. The Hall–Kier alpha value is -2.50. The van der Waals surface area contributed by atoms with E-state index in [4.69, 9.17) is 4.98 Å². The molecule has 0 bridgehead atoms. The highest BCUT2D eigenvalue weighted by molar-refractivity contribution is 7.21. The summed E-state index contributed by atoms with van der Waals surface area (Å²) in [6, 6.07) is 17.9. The molecule has 0 aliphatic heterocycles. The summed E-state index contributed by atoms with van der Waals surface area (Å²) in [4.78, 5) is 17.0. The first-order valence-electron chi connectivity index (χ1n) is 7.55. The molecular weight excluding hydrogens is 336 g/mol. The van der Waals surface area contributed by atoms with E-state index in [2.05, 4.69) is 11.4 Å². The Kier molecular flexibility index (Phi) is 4.11. The van der Waals surface area contributed by atoms with Crippen LogP contribution in [-0.4, -0.2) is 10.9 Å². The minimum Gasteiger partial charge on any atom is -0.325 e. The predicted molar refractivity (Wildman–Crippen MR) is 102 cm³/mol. The Morgan fingerprint density at radius 3 is 2.71 bits per heavy atom. The highest BCUT2D eigenvalue weighted by Gasteiger charge is 2.12. The van der Waals surface area contributed by atoms with E-state index in [0.29, 0.717) is 6.42 Å². The summed E-state index contributed by atoms with van der Waals surface area (Å²) in [6.45, 7) is 0. The van der Waals surface area contributed by atoms with Gasteiger partial charge in [0.2, 0.25) is 5.91 Å². The predicted octanol–water partition coefficient (Wildman–Crippen LogP) is 5.21. The van der Waals surface area contributed by atoms with E-state index >= 15 is 0 Å². The molecule has 4 rings (SSSR count). The number of anilines is 1. The second kappa shape index (κ2) is 6.55. The lowest BCUT2D eigenvalue weighted by molar-refractivity contribution is -0.115. The first-order chi connectivity index (χ1) is 11.8. The van der Waals surface area contributed by atoms with E-state index in [0.717, 1.165) is 32.0 Å². The number of carbonyl (C=O) groups excluding carboxylic acids is 1. The van der Waals surface area contributed by atoms with Gasteiger partial charge in [0.25, 0.3) is 0 Å². The monoisotopic (exact) mass is 350 g/mol. The molecule has 0 aliphatic rings. The topological polar surface area (TPSA) is 42.0 Å². The fraction of sp³-hybridized carbons (Fsp3) is 0.0526. The number of thiophene rings is 1. The zero-order valence-electron chi connectivity index (χ0n) is 12.7. The maximum atomic E-state index is 12.3. The van der Waals surface area contributed by atoms with Crippen LogP contribution in [0.5, 0.6) is 0 Å². The minimum atomic E-state index is -0.0121. The zero-order valence-corrected chi connectivity index (χ0v) is 14.4. The largest absolute Gasteiger partial charge is 0.325 e. The van der Waals surface area contributed by atoms with Gasteiger partial charge in [-0.25, -0.2) is 4.98 Å². The molecule has 1 N–H and O–H groups in total. The molecule has 0 saturated heterocycles. The highest BCUT2D eigenvalue weighted by Crippen LogP contribution is 2.34. The number of aromatic nitrogens is 1. The summed E-state index contributed by atoms with van der Waals surface area (Å²) < 4.78 is 1.15. The van der Waals surface area contributed by atoms with E-state index in [-0.39, 0.29) is 5.91 Å². The van der Waals surface area contributed by atoms with Crippen molar-refractivity contribution in [3.8, 4) is 10.6 Å². The van der Waals surface area contributed by atoms with Crippen molar-refractivity contribution in [1.29, 1.82) is 0 Å². The number of hydrogen-bond acceptors (Lipinski definition) is 4. The lowest BCUT2D eigenvalue weighted by atomic mass is 10.1. The van der Waals surface area contributed by atoms with Crippen molar-refractivity contribution in [2.45, 2.75) is 6.42 Å². The molecule has 1 amide bonds. The van der Waals surface area contributed by atoms with Crippen molar-refractivity contribution in [1.82, 2.24) is 4.98 Å². The van der Waals surface area contributed by atoms with Gasteiger partial charge >= 0.3 is 0 Å². The summed E-state index contributed by atoms with van der Waals surface area (Å²) in [6.07, 6.45) is 0.387. The van der Waals surface area contributed by atoms with Gasteiger partial charge in [0.15, 0.2) is 0 Å². The first kappa shape index (κ1) is 15.1. The quantitative estimate of drug-likeness (QED) is 0.549. The standard InChI is InChI=1S/C19H14N2OS2/c22-18(11-13-9-10-23-12-13)20-15-6-2-1-5-14(15)19-21-16-7-3-4-8-17(16)24-19/h1-10,12H,11H2,(H,20,22). The summed E-state index contributed by atoms with van der Waals surface area (Å²) in [5.74, 6) is -0.0121. The van der Waals surface area contributed by atoms with Crippen molar-refractivity contribution >= 4 is 44.5 Å². The Morgan fingerprint density at radius 1 is 1.04 bits per heavy atom. The van der Waals surface area contributed by atoms with Crippen LogP contribution in [0.4, 0.5) is 5.69 Å². The van der Waals surface area contributed by atoms with Crippen LogP contribution in [0, 0.1) is 0 Å². The number of carbonyl (C=O) groups is 1. The van der Waals surface area contributed by atoms with E-state index in [1.165, 1.54) is 0 Å². The Morgan fingerprint density at radius 2 is 1.88 bits per heavy atom. The van der Waals surface area contributed by atoms with Crippen LogP contribution in [-0.2, 0) is 11.2 Å². The third-order valence-corrected chi connectivity index (χ3v) is 5.47. The number of rotatable bonds is 4. The van der Waals surface area contributed by atoms with Crippen LogP contribution >= 0.6 is 22.7 Å². The molecular formula is C19H14N2OS2. The average Bonchev–Trinajstić information content (AvgIpc) is 3.24. The average molecular weight is 350 g/mol. The molecule has 24 heavy (non-hydrogen) atoms. The Bertz CT molecular complexity index is 956. The number of hydrogen-bond donors (Lipinski definition) is 1. The van der Waals surface area contributed by atoms with Crippen LogP contribution in [0.15, 0.2) is 65.4 Å². The van der Waals surface area contributed by atoms with Crippen molar-refractivity contribution < 1.29 is 4.79 Å². The van der Waals surface area contributed by atoms with Gasteiger partial charge in [-0.15, -0.1) is 11.3 Å². The summed E-state index contributed by atoms with van der Waals surface area (Å²) in [7, 11) is 0. The van der Waals surface area contributed by atoms with E-state index in [1.807, 2.05) is 59.3 Å². The molecule has 0 fully saturated rings. The summed E-state index contributed by atoms with van der Waals surface area (Å²) in [5, 5.41) is 7.93. The Balaban J connectivity index is 1.63. The molecule has 4 aromatic rings. The Labute approximate surface area is 147 Å². The molecule has 3 nitrogen and oxygen atoms in total. The molecule has 0 spiro atoms. The SMILES string of the molecule is O=C(Cc1ccsc1)Nc1ccccc1-c1nc2ccccc2s1. The number of para-hydroxylation sites is 2. The van der Waals surface area contributed by atoms with Gasteiger partial charge in [-0.3, -0.25) is 4.79 Å². The third kappa shape index (κ3) is 3.09. The molecule has 2 aromatic heterocycles. The molecule has 0 radical (unpaired) electrons. The number of fused-ring (bicyclic) bond motifs is 1. The maximum Gasteiger partial charge on any atom is 0.228 e. The number of amides is 1. The van der Waals surface area contributed by atoms with Gasteiger partial charge in [0, 0.05) is 5.56 Å². The molecule has 0 atom stereocenters. The smallest absolute Gasteiger partial charge is 0.228 e. The van der Waals surface area contributed by atoms with Gasteiger partial charge in [0.1, 0.15) is 5.01 Å². The summed E-state index contributed by atoms with van der Waals surface area (Å²) >= 11 is 3.24. The molecule has 2 aromatic carbocycles. The molecule has 118 valence electrons. The van der Waals surface area contributed by atoms with Gasteiger partial charge in [-0.05, 0) is 46.7 Å². The number of nitrogens with one attached hydrogen (secondary N) is 1. The van der Waals surface area contributed by atoms with Crippen LogP contribution in [0.1, 0.15) is 5.56 Å². The molecule has 5 heteroatoms. The molecule has 2 heterocycles. The van der Waals surface area contributed by atoms with Gasteiger partial charge in [0.05, 0.1) is 22.3 Å². The highest BCUT2D eigenvalue weighted by atomic mass is 32.1. The number of thiazole rings is 1. The van der Waals surface area contributed by atoms with E-state index in [1.54, 1.807) is 22.7 Å². The summed E-state index contributed by atoms with van der Waals surface area (Å²) in [5.41, 5.74) is 3.78. The van der Waals surface area contributed by atoms with E-state index < -0.39 is 0 Å². The first-order valence-corrected chi connectivity index (χ1v) is 9.31. The van der Waals surface area contributed by atoms with E-state index in [9.17, 15) is 4.79 Å². The van der Waals surface area contributed by atoms with Gasteiger partial charge < -0.3 is 5.32 Å². The van der Waals surface area contributed by atoms with Crippen LogP contribution < -0.4 is 5.32 Å². The van der Waals surface area contributed by atoms with Gasteiger partial charge in [-0.2, -0.15) is 11.3 Å². The lowest BCUT2D eigenvalue weighted by Gasteiger charge is -2.08. The zero-order chi connectivity index (χ0) is 16.4. The maximum absolute atomic E-state index is 12.3.